The van der Waals surface area contributed by atoms with E-state index < -0.39 is 11.6 Å². The first-order chi connectivity index (χ1) is 16.0. The summed E-state index contributed by atoms with van der Waals surface area (Å²) in [6.07, 6.45) is 3.76. The zero-order valence-electron chi connectivity index (χ0n) is 19.1. The molecule has 2 aliphatic rings. The van der Waals surface area contributed by atoms with Crippen LogP contribution in [0.4, 0.5) is 8.78 Å². The molecule has 0 aromatic heterocycles. The largest absolute Gasteiger partial charge is 0.492 e. The van der Waals surface area contributed by atoms with E-state index in [2.05, 4.69) is 0 Å². The van der Waals surface area contributed by atoms with Gasteiger partial charge in [-0.15, -0.1) is 0 Å². The van der Waals surface area contributed by atoms with Crippen LogP contribution in [0, 0.1) is 17.6 Å². The number of halogens is 2. The van der Waals surface area contributed by atoms with Crippen molar-refractivity contribution in [2.75, 3.05) is 39.9 Å². The number of methoxy groups -OCH3 is 1. The monoisotopic (exact) mass is 458 g/mol. The molecule has 4 rings (SSSR count). The standard InChI is InChI=1S/C26H32F2N2O3/c1-32-25-11-13-30-17-20(25)6-2-3-12-29(18-22-23(27)9-5-10-24(22)28)14-15-33-21-8-4-7-19(16-21)26(30)31/h4-5,7-10,16,20,25H,2-3,6,11-15,17-18H2,1H3/t20-,25+/m0/s1. The van der Waals surface area contributed by atoms with Gasteiger partial charge in [-0.25, -0.2) is 8.78 Å². The first-order valence-corrected chi connectivity index (χ1v) is 11.8. The maximum atomic E-state index is 14.2. The van der Waals surface area contributed by atoms with Gasteiger partial charge in [0.1, 0.15) is 24.0 Å². The number of nitrogens with zero attached hydrogens (tertiary/aromatic N) is 2. The van der Waals surface area contributed by atoms with E-state index in [4.69, 9.17) is 9.47 Å². The number of hydrogen-bond donors (Lipinski definition) is 0. The zero-order chi connectivity index (χ0) is 23.2. The number of benzene rings is 2. The van der Waals surface area contributed by atoms with E-state index in [0.717, 1.165) is 25.7 Å². The molecule has 4 bridgehead atoms. The predicted octanol–water partition coefficient (Wildman–Crippen LogP) is 4.51. The lowest BCUT2D eigenvalue weighted by Crippen LogP contribution is -2.46. The van der Waals surface area contributed by atoms with Crippen LogP contribution in [-0.4, -0.2) is 61.7 Å². The van der Waals surface area contributed by atoms with Crippen LogP contribution in [0.5, 0.6) is 5.75 Å². The highest BCUT2D eigenvalue weighted by molar-refractivity contribution is 5.94. The Hall–Kier alpha value is -2.51. The Bertz CT molecular complexity index is 935. The third-order valence-electron chi connectivity index (χ3n) is 6.75. The number of carbonyl (C=O) groups excluding carboxylic acids is 1. The number of amides is 1. The van der Waals surface area contributed by atoms with Gasteiger partial charge < -0.3 is 14.4 Å². The molecule has 0 aliphatic carbocycles. The van der Waals surface area contributed by atoms with Crippen LogP contribution < -0.4 is 4.74 Å². The summed E-state index contributed by atoms with van der Waals surface area (Å²) in [4.78, 5) is 17.1. The Morgan fingerprint density at radius 2 is 1.82 bits per heavy atom. The minimum atomic E-state index is -0.525. The molecule has 178 valence electrons. The molecule has 7 heteroatoms. The number of hydrogen-bond acceptors (Lipinski definition) is 4. The summed E-state index contributed by atoms with van der Waals surface area (Å²) < 4.78 is 40.1. The second-order valence-electron chi connectivity index (χ2n) is 8.92. The molecule has 1 fully saturated rings. The van der Waals surface area contributed by atoms with Crippen molar-refractivity contribution in [3.63, 3.8) is 0 Å². The van der Waals surface area contributed by atoms with Crippen LogP contribution in [0.2, 0.25) is 0 Å². The Labute approximate surface area is 194 Å². The van der Waals surface area contributed by atoms with Crippen LogP contribution in [-0.2, 0) is 11.3 Å². The molecule has 0 saturated carbocycles. The van der Waals surface area contributed by atoms with Gasteiger partial charge in [0, 0.05) is 50.3 Å². The molecule has 1 amide bonds. The fourth-order valence-electron chi connectivity index (χ4n) is 4.90. The second-order valence-corrected chi connectivity index (χ2v) is 8.92. The van der Waals surface area contributed by atoms with Crippen LogP contribution >= 0.6 is 0 Å². The fourth-order valence-corrected chi connectivity index (χ4v) is 4.90. The Kier molecular flexibility index (Phi) is 7.93. The summed E-state index contributed by atoms with van der Waals surface area (Å²) in [6, 6.07) is 11.2. The van der Waals surface area contributed by atoms with Crippen LogP contribution in [0.15, 0.2) is 42.5 Å². The summed E-state index contributed by atoms with van der Waals surface area (Å²) in [7, 11) is 1.74. The van der Waals surface area contributed by atoms with Gasteiger partial charge in [-0.05, 0) is 56.1 Å². The summed E-state index contributed by atoms with van der Waals surface area (Å²) in [6.45, 7) is 3.16. The normalized spacial score (nSPS) is 22.9. The quantitative estimate of drug-likeness (QED) is 0.679. The van der Waals surface area contributed by atoms with E-state index in [0.29, 0.717) is 44.1 Å². The smallest absolute Gasteiger partial charge is 0.254 e. The Balaban J connectivity index is 1.53. The molecule has 2 heterocycles. The summed E-state index contributed by atoms with van der Waals surface area (Å²) in [5, 5.41) is 0. The molecule has 5 nitrogen and oxygen atoms in total. The molecule has 0 radical (unpaired) electrons. The number of fused-ring (bicyclic) bond motifs is 4. The number of carbonyl (C=O) groups is 1. The molecule has 1 saturated heterocycles. The molecule has 0 N–H and O–H groups in total. The van der Waals surface area contributed by atoms with Crippen molar-refractivity contribution in [1.82, 2.24) is 9.80 Å². The minimum Gasteiger partial charge on any atom is -0.492 e. The lowest BCUT2D eigenvalue weighted by atomic mass is 9.89. The number of ether oxygens (including phenoxy) is 2. The van der Waals surface area contributed by atoms with Crippen molar-refractivity contribution < 1.29 is 23.0 Å². The average Bonchev–Trinajstić information content (AvgIpc) is 2.83. The van der Waals surface area contributed by atoms with Crippen molar-refractivity contribution in [3.05, 3.63) is 65.2 Å². The highest BCUT2D eigenvalue weighted by Gasteiger charge is 2.31. The Morgan fingerprint density at radius 3 is 2.61 bits per heavy atom. The molecule has 2 aliphatic heterocycles. The Morgan fingerprint density at radius 1 is 1.03 bits per heavy atom. The van der Waals surface area contributed by atoms with Crippen molar-refractivity contribution >= 4 is 5.91 Å². The maximum absolute atomic E-state index is 14.2. The van der Waals surface area contributed by atoms with E-state index in [1.807, 2.05) is 28.0 Å². The molecular weight excluding hydrogens is 426 g/mol. The SMILES string of the molecule is CO[C@@H]1CCN2C[C@@H]1CCCCN(Cc1c(F)cccc1F)CCOc1cccc(c1)C2=O. The van der Waals surface area contributed by atoms with Crippen molar-refractivity contribution in [2.24, 2.45) is 5.92 Å². The molecule has 2 aromatic rings. The van der Waals surface area contributed by atoms with E-state index in [1.165, 1.54) is 18.2 Å². The van der Waals surface area contributed by atoms with Gasteiger partial charge in [-0.3, -0.25) is 9.69 Å². The third kappa shape index (κ3) is 5.89. The molecule has 33 heavy (non-hydrogen) atoms. The lowest BCUT2D eigenvalue weighted by molar-refractivity contribution is -0.00677. The molecule has 2 atom stereocenters. The maximum Gasteiger partial charge on any atom is 0.254 e. The number of piperidine rings is 1. The van der Waals surface area contributed by atoms with Gasteiger partial charge in [0.2, 0.25) is 0 Å². The van der Waals surface area contributed by atoms with Crippen molar-refractivity contribution in [2.45, 2.75) is 38.3 Å². The van der Waals surface area contributed by atoms with Crippen LogP contribution in [0.25, 0.3) is 0 Å². The van der Waals surface area contributed by atoms with Gasteiger partial charge in [0.15, 0.2) is 0 Å². The molecule has 0 unspecified atom stereocenters. The summed E-state index contributed by atoms with van der Waals surface area (Å²) >= 11 is 0. The van der Waals surface area contributed by atoms with Gasteiger partial charge >= 0.3 is 0 Å². The predicted molar refractivity (Wildman–Crippen MR) is 122 cm³/mol. The molecule has 2 aromatic carbocycles. The van der Waals surface area contributed by atoms with Gasteiger partial charge in [-0.1, -0.05) is 18.6 Å². The molecular formula is C26H32F2N2O3. The lowest BCUT2D eigenvalue weighted by Gasteiger charge is -2.38. The van der Waals surface area contributed by atoms with Gasteiger partial charge in [0.05, 0.1) is 6.10 Å². The zero-order valence-corrected chi connectivity index (χ0v) is 19.1. The first kappa shape index (κ1) is 23.6. The van der Waals surface area contributed by atoms with Crippen LogP contribution in [0.3, 0.4) is 0 Å². The van der Waals surface area contributed by atoms with Gasteiger partial charge in [-0.2, -0.15) is 0 Å². The minimum absolute atomic E-state index is 0.0199. The van der Waals surface area contributed by atoms with E-state index >= 15 is 0 Å². The first-order valence-electron chi connectivity index (χ1n) is 11.8. The van der Waals surface area contributed by atoms with E-state index in [9.17, 15) is 13.6 Å². The van der Waals surface area contributed by atoms with E-state index in [-0.39, 0.29) is 30.0 Å². The summed E-state index contributed by atoms with van der Waals surface area (Å²) in [5.74, 6) is -0.135. The van der Waals surface area contributed by atoms with E-state index in [1.54, 1.807) is 13.2 Å². The van der Waals surface area contributed by atoms with Gasteiger partial charge in [0.25, 0.3) is 5.91 Å². The summed E-state index contributed by atoms with van der Waals surface area (Å²) in [5.41, 5.74) is 0.702. The topological polar surface area (TPSA) is 42.0 Å². The van der Waals surface area contributed by atoms with Crippen LogP contribution in [0.1, 0.15) is 41.6 Å². The van der Waals surface area contributed by atoms with Crippen molar-refractivity contribution in [3.8, 4) is 5.75 Å². The van der Waals surface area contributed by atoms with Crippen molar-refractivity contribution in [1.29, 1.82) is 0 Å². The highest BCUT2D eigenvalue weighted by atomic mass is 19.1. The third-order valence-corrected chi connectivity index (χ3v) is 6.75. The molecule has 0 spiro atoms. The average molecular weight is 459 g/mol. The highest BCUT2D eigenvalue weighted by Crippen LogP contribution is 2.27. The number of rotatable bonds is 3. The fraction of sp³-hybridized carbons (Fsp3) is 0.500. The second kappa shape index (κ2) is 11.1.